The molecule has 2 rings (SSSR count). The lowest BCUT2D eigenvalue weighted by Gasteiger charge is -2.13. The number of hydrogen-bond donors (Lipinski definition) is 1. The Hall–Kier alpha value is -1.62. The second kappa shape index (κ2) is 6.89. The molecule has 0 aliphatic carbocycles. The molecule has 2 aromatic carbocycles. The van der Waals surface area contributed by atoms with Crippen LogP contribution in [0, 0.1) is 6.92 Å². The third-order valence-corrected chi connectivity index (χ3v) is 4.01. The van der Waals surface area contributed by atoms with Gasteiger partial charge >= 0.3 is 6.18 Å². The van der Waals surface area contributed by atoms with Crippen molar-refractivity contribution in [1.82, 2.24) is 0 Å². The van der Waals surface area contributed by atoms with E-state index in [0.717, 1.165) is 22.3 Å². The molecule has 0 aliphatic rings. The van der Waals surface area contributed by atoms with Crippen LogP contribution < -0.4 is 5.32 Å². The van der Waals surface area contributed by atoms with Crippen LogP contribution in [0.2, 0.25) is 0 Å². The van der Waals surface area contributed by atoms with E-state index in [2.05, 4.69) is 5.32 Å². The Bertz CT molecular complexity index is 582. The lowest BCUT2D eigenvalue weighted by molar-refractivity contribution is -0.137. The number of nitrogens with one attached hydrogen (secondary N) is 1. The summed E-state index contributed by atoms with van der Waals surface area (Å²) in [7, 11) is 0. The Kier molecular flexibility index (Phi) is 5.17. The highest BCUT2D eigenvalue weighted by atomic mass is 32.2. The summed E-state index contributed by atoms with van der Waals surface area (Å²) < 4.78 is 38.0. The SMILES string of the molecule is Cc1ccc(C(F)(F)F)cc1NCCSc1ccccc1. The summed E-state index contributed by atoms with van der Waals surface area (Å²) in [6.07, 6.45) is -4.30. The Labute approximate surface area is 126 Å². The molecule has 0 saturated heterocycles. The van der Waals surface area contributed by atoms with Crippen molar-refractivity contribution in [2.45, 2.75) is 18.0 Å². The minimum atomic E-state index is -4.30. The van der Waals surface area contributed by atoms with E-state index in [9.17, 15) is 13.2 Å². The van der Waals surface area contributed by atoms with Crippen LogP contribution in [0.1, 0.15) is 11.1 Å². The van der Waals surface area contributed by atoms with Gasteiger partial charge in [-0.2, -0.15) is 13.2 Å². The molecule has 0 radical (unpaired) electrons. The standard InChI is InChI=1S/C16H16F3NS/c1-12-7-8-13(16(17,18)19)11-15(12)20-9-10-21-14-5-3-2-4-6-14/h2-8,11,20H,9-10H2,1H3. The minimum absolute atomic E-state index is 0.540. The molecule has 0 atom stereocenters. The number of hydrogen-bond acceptors (Lipinski definition) is 2. The molecule has 0 unspecified atom stereocenters. The van der Waals surface area contributed by atoms with Crippen molar-refractivity contribution in [1.29, 1.82) is 0 Å². The smallest absolute Gasteiger partial charge is 0.384 e. The van der Waals surface area contributed by atoms with Crippen LogP contribution in [0.15, 0.2) is 53.4 Å². The molecule has 0 aliphatic heterocycles. The van der Waals surface area contributed by atoms with Gasteiger partial charge in [-0.1, -0.05) is 24.3 Å². The molecular formula is C16H16F3NS. The lowest BCUT2D eigenvalue weighted by Crippen LogP contribution is -2.09. The van der Waals surface area contributed by atoms with Crippen molar-refractivity contribution in [2.75, 3.05) is 17.6 Å². The second-order valence-corrected chi connectivity index (χ2v) is 5.78. The molecular weight excluding hydrogens is 295 g/mol. The Morgan fingerprint density at radius 3 is 2.43 bits per heavy atom. The lowest BCUT2D eigenvalue weighted by atomic mass is 10.1. The molecule has 0 spiro atoms. The van der Waals surface area contributed by atoms with Crippen LogP contribution in [-0.2, 0) is 6.18 Å². The van der Waals surface area contributed by atoms with Crippen LogP contribution >= 0.6 is 11.8 Å². The average Bonchev–Trinajstić information content (AvgIpc) is 2.45. The molecule has 21 heavy (non-hydrogen) atoms. The molecule has 0 fully saturated rings. The summed E-state index contributed by atoms with van der Waals surface area (Å²) in [5, 5.41) is 3.07. The fourth-order valence-electron chi connectivity index (χ4n) is 1.86. The number of benzene rings is 2. The van der Waals surface area contributed by atoms with Gasteiger partial charge in [-0.15, -0.1) is 11.8 Å². The van der Waals surface area contributed by atoms with E-state index in [1.165, 1.54) is 12.1 Å². The van der Waals surface area contributed by atoms with Crippen LogP contribution in [0.25, 0.3) is 0 Å². The summed E-state index contributed by atoms with van der Waals surface area (Å²) in [5.41, 5.74) is 0.734. The molecule has 0 heterocycles. The van der Waals surface area contributed by atoms with Crippen molar-refractivity contribution >= 4 is 17.4 Å². The van der Waals surface area contributed by atoms with Gasteiger partial charge in [0.05, 0.1) is 5.56 Å². The molecule has 0 amide bonds. The maximum absolute atomic E-state index is 12.7. The van der Waals surface area contributed by atoms with Gasteiger partial charge < -0.3 is 5.32 Å². The molecule has 5 heteroatoms. The summed E-state index contributed by atoms with van der Waals surface area (Å²) in [6.45, 7) is 2.41. The number of alkyl halides is 3. The molecule has 0 aromatic heterocycles. The van der Waals surface area contributed by atoms with Crippen LogP contribution in [0.5, 0.6) is 0 Å². The monoisotopic (exact) mass is 311 g/mol. The molecule has 1 N–H and O–H groups in total. The molecule has 0 bridgehead atoms. The topological polar surface area (TPSA) is 12.0 Å². The quantitative estimate of drug-likeness (QED) is 0.600. The van der Waals surface area contributed by atoms with E-state index in [-0.39, 0.29) is 0 Å². The first-order chi connectivity index (χ1) is 9.97. The summed E-state index contributed by atoms with van der Waals surface area (Å²) >= 11 is 1.67. The zero-order chi connectivity index (χ0) is 15.3. The van der Waals surface area contributed by atoms with Crippen molar-refractivity contribution in [2.24, 2.45) is 0 Å². The Morgan fingerprint density at radius 1 is 1.05 bits per heavy atom. The van der Waals surface area contributed by atoms with E-state index in [0.29, 0.717) is 12.2 Å². The highest BCUT2D eigenvalue weighted by molar-refractivity contribution is 7.99. The first-order valence-corrected chi connectivity index (χ1v) is 7.55. The zero-order valence-electron chi connectivity index (χ0n) is 11.6. The number of rotatable bonds is 5. The first kappa shape index (κ1) is 15.8. The predicted molar refractivity (Wildman–Crippen MR) is 81.8 cm³/mol. The number of thioether (sulfide) groups is 1. The molecule has 2 aromatic rings. The minimum Gasteiger partial charge on any atom is -0.384 e. The summed E-state index contributed by atoms with van der Waals surface area (Å²) in [5.74, 6) is 0.791. The van der Waals surface area contributed by atoms with Gasteiger partial charge in [0.1, 0.15) is 0 Å². The van der Waals surface area contributed by atoms with Crippen molar-refractivity contribution in [3.05, 3.63) is 59.7 Å². The van der Waals surface area contributed by atoms with Gasteiger partial charge in [-0.05, 0) is 36.8 Å². The highest BCUT2D eigenvalue weighted by Crippen LogP contribution is 2.32. The van der Waals surface area contributed by atoms with Crippen molar-refractivity contribution in [3.8, 4) is 0 Å². The van der Waals surface area contributed by atoms with Crippen molar-refractivity contribution < 1.29 is 13.2 Å². The third-order valence-electron chi connectivity index (χ3n) is 2.99. The summed E-state index contributed by atoms with van der Waals surface area (Å²) in [4.78, 5) is 1.15. The fraction of sp³-hybridized carbons (Fsp3) is 0.250. The largest absolute Gasteiger partial charge is 0.416 e. The molecule has 0 saturated carbocycles. The number of aryl methyl sites for hydroxylation is 1. The zero-order valence-corrected chi connectivity index (χ0v) is 12.4. The van der Waals surface area contributed by atoms with Crippen LogP contribution in [-0.4, -0.2) is 12.3 Å². The first-order valence-electron chi connectivity index (χ1n) is 6.56. The van der Waals surface area contributed by atoms with E-state index in [1.807, 2.05) is 30.3 Å². The van der Waals surface area contributed by atoms with Crippen LogP contribution in [0.4, 0.5) is 18.9 Å². The maximum atomic E-state index is 12.7. The van der Waals surface area contributed by atoms with Gasteiger partial charge in [-0.25, -0.2) is 0 Å². The number of halogens is 3. The van der Waals surface area contributed by atoms with Gasteiger partial charge in [0, 0.05) is 22.9 Å². The second-order valence-electron chi connectivity index (χ2n) is 4.62. The summed E-state index contributed by atoms with van der Waals surface area (Å²) in [6, 6.07) is 13.7. The van der Waals surface area contributed by atoms with E-state index in [1.54, 1.807) is 18.7 Å². The van der Waals surface area contributed by atoms with E-state index < -0.39 is 11.7 Å². The van der Waals surface area contributed by atoms with Crippen molar-refractivity contribution in [3.63, 3.8) is 0 Å². The predicted octanol–water partition coefficient (Wildman–Crippen LogP) is 5.22. The van der Waals surface area contributed by atoms with Gasteiger partial charge in [-0.3, -0.25) is 0 Å². The van der Waals surface area contributed by atoms with E-state index in [4.69, 9.17) is 0 Å². The molecule has 1 nitrogen and oxygen atoms in total. The van der Waals surface area contributed by atoms with Gasteiger partial charge in [0.25, 0.3) is 0 Å². The van der Waals surface area contributed by atoms with Gasteiger partial charge in [0.15, 0.2) is 0 Å². The normalized spacial score (nSPS) is 11.4. The molecule has 112 valence electrons. The Balaban J connectivity index is 1.91. The van der Waals surface area contributed by atoms with Gasteiger partial charge in [0.2, 0.25) is 0 Å². The van der Waals surface area contributed by atoms with Crippen LogP contribution in [0.3, 0.4) is 0 Å². The fourth-order valence-corrected chi connectivity index (χ4v) is 2.65. The number of anilines is 1. The highest BCUT2D eigenvalue weighted by Gasteiger charge is 2.30. The van der Waals surface area contributed by atoms with E-state index >= 15 is 0 Å². The Morgan fingerprint density at radius 2 is 1.76 bits per heavy atom. The maximum Gasteiger partial charge on any atom is 0.416 e. The average molecular weight is 311 g/mol. The third kappa shape index (κ3) is 4.70.